The van der Waals surface area contributed by atoms with Gasteiger partial charge >= 0.3 is 5.97 Å². The summed E-state index contributed by atoms with van der Waals surface area (Å²) < 4.78 is 10.1. The molecule has 1 fully saturated rings. The molecule has 1 amide bonds. The summed E-state index contributed by atoms with van der Waals surface area (Å²) in [5, 5.41) is 11.7. The van der Waals surface area contributed by atoms with Crippen LogP contribution in [0.3, 0.4) is 0 Å². The predicted molar refractivity (Wildman–Crippen MR) is 76.0 cm³/mol. The smallest absolute Gasteiger partial charge is 0.331 e. The molecule has 0 bridgehead atoms. The summed E-state index contributed by atoms with van der Waals surface area (Å²) in [5.74, 6) is -0.811. The van der Waals surface area contributed by atoms with Crippen molar-refractivity contribution >= 4 is 18.0 Å². The Kier molecular flexibility index (Phi) is 4.59. The summed E-state index contributed by atoms with van der Waals surface area (Å²) in [5.41, 5.74) is -0.501. The molecule has 2 N–H and O–H groups in total. The summed E-state index contributed by atoms with van der Waals surface area (Å²) in [6.07, 6.45) is 3.19. The maximum Gasteiger partial charge on any atom is 0.331 e. The van der Waals surface area contributed by atoms with E-state index < -0.39 is 17.4 Å². The van der Waals surface area contributed by atoms with Gasteiger partial charge in [0.05, 0.1) is 13.7 Å². The number of methoxy groups -OCH3 is 1. The highest BCUT2D eigenvalue weighted by Crippen LogP contribution is 2.19. The first-order valence-electron chi connectivity index (χ1n) is 6.51. The lowest BCUT2D eigenvalue weighted by atomic mass is 9.99. The van der Waals surface area contributed by atoms with Gasteiger partial charge in [0.2, 0.25) is 5.91 Å². The molecule has 1 atom stereocenters. The number of carbonyl (C=O) groups excluding carboxylic acids is 1. The van der Waals surface area contributed by atoms with E-state index in [2.05, 4.69) is 5.32 Å². The maximum absolute atomic E-state index is 11.9. The second-order valence-corrected chi connectivity index (χ2v) is 4.79. The van der Waals surface area contributed by atoms with Crippen molar-refractivity contribution in [3.8, 4) is 5.75 Å². The number of hydrogen-bond acceptors (Lipinski definition) is 4. The Labute approximate surface area is 122 Å². The van der Waals surface area contributed by atoms with Crippen LogP contribution in [0, 0.1) is 0 Å². The lowest BCUT2D eigenvalue weighted by molar-refractivity contribution is -0.147. The topological polar surface area (TPSA) is 84.9 Å². The van der Waals surface area contributed by atoms with E-state index in [1.807, 2.05) is 0 Å². The van der Waals surface area contributed by atoms with E-state index in [0.717, 1.165) is 11.3 Å². The normalized spacial score (nSPS) is 21.4. The van der Waals surface area contributed by atoms with Crippen molar-refractivity contribution in [2.75, 3.05) is 20.3 Å². The Hall–Kier alpha value is -2.34. The van der Waals surface area contributed by atoms with Crippen molar-refractivity contribution in [2.24, 2.45) is 0 Å². The maximum atomic E-state index is 11.9. The minimum atomic E-state index is -1.32. The fourth-order valence-electron chi connectivity index (χ4n) is 2.05. The Morgan fingerprint density at radius 1 is 1.38 bits per heavy atom. The number of rotatable bonds is 5. The fourth-order valence-corrected chi connectivity index (χ4v) is 2.05. The zero-order valence-electron chi connectivity index (χ0n) is 11.7. The first-order valence-corrected chi connectivity index (χ1v) is 6.51. The number of nitrogens with one attached hydrogen (secondary N) is 1. The van der Waals surface area contributed by atoms with Crippen molar-refractivity contribution in [1.29, 1.82) is 0 Å². The van der Waals surface area contributed by atoms with Crippen molar-refractivity contribution in [3.05, 3.63) is 35.9 Å². The molecule has 0 spiro atoms. The van der Waals surface area contributed by atoms with E-state index in [4.69, 9.17) is 9.47 Å². The van der Waals surface area contributed by atoms with E-state index >= 15 is 0 Å². The minimum Gasteiger partial charge on any atom is -0.497 e. The van der Waals surface area contributed by atoms with Crippen LogP contribution in [0.2, 0.25) is 0 Å². The van der Waals surface area contributed by atoms with Crippen LogP contribution in [-0.2, 0) is 14.3 Å². The van der Waals surface area contributed by atoms with Crippen molar-refractivity contribution < 1.29 is 24.2 Å². The second kappa shape index (κ2) is 6.41. The zero-order valence-corrected chi connectivity index (χ0v) is 11.7. The number of aliphatic carboxylic acids is 1. The SMILES string of the molecule is COc1ccc(C=CC(=O)NC2(C(=O)O)CCOC2)cc1. The van der Waals surface area contributed by atoms with Gasteiger partial charge in [0.15, 0.2) is 5.54 Å². The standard InChI is InChI=1S/C15H17NO5/c1-20-12-5-2-11(3-6-12)4-7-13(17)16-15(14(18)19)8-9-21-10-15/h2-7H,8-10H2,1H3,(H,16,17)(H,18,19). The van der Waals surface area contributed by atoms with Gasteiger partial charge in [-0.15, -0.1) is 0 Å². The molecule has 1 aliphatic rings. The molecule has 2 rings (SSSR count). The van der Waals surface area contributed by atoms with E-state index in [0.29, 0.717) is 6.61 Å². The minimum absolute atomic E-state index is 0.00948. The molecule has 1 aliphatic heterocycles. The number of carbonyl (C=O) groups is 2. The lowest BCUT2D eigenvalue weighted by Crippen LogP contribution is -2.54. The monoisotopic (exact) mass is 291 g/mol. The Bertz CT molecular complexity index is 544. The van der Waals surface area contributed by atoms with Crippen molar-refractivity contribution in [2.45, 2.75) is 12.0 Å². The van der Waals surface area contributed by atoms with Crippen LogP contribution in [0.4, 0.5) is 0 Å². The molecule has 0 aromatic heterocycles. The second-order valence-electron chi connectivity index (χ2n) is 4.79. The van der Waals surface area contributed by atoms with Crippen molar-refractivity contribution in [3.63, 3.8) is 0 Å². The number of carboxylic acid groups (broad SMARTS) is 1. The zero-order chi connectivity index (χ0) is 15.3. The third-order valence-electron chi connectivity index (χ3n) is 3.34. The number of hydrogen-bond donors (Lipinski definition) is 2. The molecular formula is C15H17NO5. The van der Waals surface area contributed by atoms with Crippen LogP contribution in [-0.4, -0.2) is 42.8 Å². The molecule has 0 saturated carbocycles. The van der Waals surface area contributed by atoms with Gasteiger partial charge in [-0.05, 0) is 23.8 Å². The molecule has 6 nitrogen and oxygen atoms in total. The molecule has 6 heteroatoms. The van der Waals surface area contributed by atoms with E-state index in [-0.39, 0.29) is 13.0 Å². The largest absolute Gasteiger partial charge is 0.497 e. The van der Waals surface area contributed by atoms with Crippen LogP contribution in [0.15, 0.2) is 30.3 Å². The number of benzene rings is 1. The number of carboxylic acids is 1. The molecule has 1 heterocycles. The van der Waals surface area contributed by atoms with E-state index in [1.54, 1.807) is 37.5 Å². The van der Waals surface area contributed by atoms with E-state index in [9.17, 15) is 14.7 Å². The van der Waals surface area contributed by atoms with Crippen molar-refractivity contribution in [1.82, 2.24) is 5.32 Å². The van der Waals surface area contributed by atoms with Crippen LogP contribution in [0.25, 0.3) is 6.08 Å². The van der Waals surface area contributed by atoms with Gasteiger partial charge < -0.3 is 19.9 Å². The summed E-state index contributed by atoms with van der Waals surface area (Å²) in [6, 6.07) is 7.16. The molecule has 0 aliphatic carbocycles. The molecule has 1 aromatic carbocycles. The van der Waals surface area contributed by atoms with Crippen LogP contribution < -0.4 is 10.1 Å². The summed E-state index contributed by atoms with van der Waals surface area (Å²) in [6.45, 7) is 0.319. The molecule has 0 radical (unpaired) electrons. The van der Waals surface area contributed by atoms with Gasteiger partial charge in [-0.1, -0.05) is 12.1 Å². The molecule has 112 valence electrons. The average Bonchev–Trinajstić information content (AvgIpc) is 2.95. The van der Waals surface area contributed by atoms with Gasteiger partial charge in [-0.25, -0.2) is 4.79 Å². The highest BCUT2D eigenvalue weighted by Gasteiger charge is 2.43. The molecule has 1 saturated heterocycles. The molecule has 21 heavy (non-hydrogen) atoms. The van der Waals surface area contributed by atoms with Gasteiger partial charge in [0, 0.05) is 19.1 Å². The summed E-state index contributed by atoms with van der Waals surface area (Å²) in [7, 11) is 1.58. The first kappa shape index (κ1) is 15.1. The highest BCUT2D eigenvalue weighted by atomic mass is 16.5. The van der Waals surface area contributed by atoms with E-state index in [1.165, 1.54) is 6.08 Å². The summed E-state index contributed by atoms with van der Waals surface area (Å²) >= 11 is 0. The van der Waals surface area contributed by atoms with Gasteiger partial charge in [0.1, 0.15) is 5.75 Å². The Morgan fingerprint density at radius 2 is 2.10 bits per heavy atom. The van der Waals surface area contributed by atoms with Gasteiger partial charge in [0.25, 0.3) is 0 Å². The fraction of sp³-hybridized carbons (Fsp3) is 0.333. The van der Waals surface area contributed by atoms with Crippen LogP contribution in [0.1, 0.15) is 12.0 Å². The van der Waals surface area contributed by atoms with Gasteiger partial charge in [-0.3, -0.25) is 4.79 Å². The predicted octanol–water partition coefficient (Wildman–Crippen LogP) is 1.07. The number of amides is 1. The molecule has 1 unspecified atom stereocenters. The summed E-state index contributed by atoms with van der Waals surface area (Å²) in [4.78, 5) is 23.1. The first-order chi connectivity index (χ1) is 10.1. The van der Waals surface area contributed by atoms with Crippen LogP contribution in [0.5, 0.6) is 5.75 Å². The molecule has 1 aromatic rings. The average molecular weight is 291 g/mol. The highest BCUT2D eigenvalue weighted by molar-refractivity contribution is 5.96. The Balaban J connectivity index is 2.00. The molecular weight excluding hydrogens is 274 g/mol. The third-order valence-corrected chi connectivity index (χ3v) is 3.34. The number of ether oxygens (including phenoxy) is 2. The lowest BCUT2D eigenvalue weighted by Gasteiger charge is -2.22. The van der Waals surface area contributed by atoms with Crippen LogP contribution >= 0.6 is 0 Å². The van der Waals surface area contributed by atoms with Gasteiger partial charge in [-0.2, -0.15) is 0 Å². The quantitative estimate of drug-likeness (QED) is 0.793. The third kappa shape index (κ3) is 3.61. The Morgan fingerprint density at radius 3 is 2.62 bits per heavy atom.